The third-order valence-corrected chi connectivity index (χ3v) is 5.60. The fraction of sp³-hybridized carbons (Fsp3) is 0.538. The van der Waals surface area contributed by atoms with Crippen molar-refractivity contribution < 1.29 is 13.2 Å². The van der Waals surface area contributed by atoms with E-state index in [0.29, 0.717) is 0 Å². The van der Waals surface area contributed by atoms with Crippen molar-refractivity contribution in [3.05, 3.63) is 29.8 Å². The lowest BCUT2D eigenvalue weighted by molar-refractivity contribution is 0.203. The summed E-state index contributed by atoms with van der Waals surface area (Å²) in [6.45, 7) is 0. The van der Waals surface area contributed by atoms with Crippen molar-refractivity contribution in [2.75, 3.05) is 11.5 Å². The van der Waals surface area contributed by atoms with Crippen LogP contribution in [0.15, 0.2) is 24.3 Å². The molecule has 5 heteroatoms. The predicted octanol–water partition coefficient (Wildman–Crippen LogP) is 1.20. The summed E-state index contributed by atoms with van der Waals surface area (Å²) in [5, 5.41) is 0. The molecule has 1 aliphatic heterocycles. The topological polar surface area (TPSA) is 69.4 Å². The second kappa shape index (κ2) is 3.96. The molecule has 18 heavy (non-hydrogen) atoms. The lowest BCUT2D eigenvalue weighted by atomic mass is 9.72. The molecule has 2 fully saturated rings. The smallest absolute Gasteiger partial charge is 0.157 e. The quantitative estimate of drug-likeness (QED) is 0.893. The van der Waals surface area contributed by atoms with Crippen molar-refractivity contribution in [1.82, 2.24) is 0 Å². The molecule has 98 valence electrons. The Labute approximate surface area is 107 Å². The first kappa shape index (κ1) is 12.0. The van der Waals surface area contributed by atoms with Crippen LogP contribution in [0.2, 0.25) is 0 Å². The van der Waals surface area contributed by atoms with Crippen LogP contribution < -0.4 is 10.5 Å². The molecule has 4 nitrogen and oxygen atoms in total. The highest BCUT2D eigenvalue weighted by atomic mass is 32.2. The van der Waals surface area contributed by atoms with E-state index in [1.807, 2.05) is 24.3 Å². The van der Waals surface area contributed by atoms with Crippen LogP contribution in [0.1, 0.15) is 24.8 Å². The third-order valence-electron chi connectivity index (χ3n) is 3.84. The number of hydrogen-bond donors (Lipinski definition) is 1. The van der Waals surface area contributed by atoms with E-state index >= 15 is 0 Å². The molecule has 1 saturated heterocycles. The number of para-hydroxylation sites is 1. The summed E-state index contributed by atoms with van der Waals surface area (Å²) < 4.78 is 28.0. The monoisotopic (exact) mass is 267 g/mol. The molecule has 1 aromatic carbocycles. The largest absolute Gasteiger partial charge is 0.488 e. The van der Waals surface area contributed by atoms with Gasteiger partial charge in [0.1, 0.15) is 11.9 Å². The minimum absolute atomic E-state index is 0.124. The zero-order valence-electron chi connectivity index (χ0n) is 10.1. The number of benzene rings is 1. The predicted molar refractivity (Wildman–Crippen MR) is 69.2 cm³/mol. The Kier molecular flexibility index (Phi) is 2.64. The first-order valence-corrected chi connectivity index (χ1v) is 8.06. The number of sulfone groups is 1. The van der Waals surface area contributed by atoms with Crippen LogP contribution in [0.3, 0.4) is 0 Å². The molecule has 3 rings (SSSR count). The van der Waals surface area contributed by atoms with Crippen molar-refractivity contribution in [3.8, 4) is 5.75 Å². The van der Waals surface area contributed by atoms with Gasteiger partial charge < -0.3 is 10.5 Å². The highest BCUT2D eigenvalue weighted by Crippen LogP contribution is 2.43. The number of ether oxygens (including phenoxy) is 1. The van der Waals surface area contributed by atoms with E-state index < -0.39 is 9.84 Å². The molecule has 2 N–H and O–H groups in total. The zero-order valence-corrected chi connectivity index (χ0v) is 10.9. The van der Waals surface area contributed by atoms with Gasteiger partial charge in [0, 0.05) is 11.1 Å². The third kappa shape index (κ3) is 2.01. The fourth-order valence-electron chi connectivity index (χ4n) is 2.57. The molecule has 0 aromatic heterocycles. The van der Waals surface area contributed by atoms with Crippen LogP contribution in [0, 0.1) is 0 Å². The highest BCUT2D eigenvalue weighted by molar-refractivity contribution is 7.92. The minimum Gasteiger partial charge on any atom is -0.488 e. The first-order chi connectivity index (χ1) is 8.49. The Balaban J connectivity index is 1.80. The van der Waals surface area contributed by atoms with E-state index in [0.717, 1.165) is 30.6 Å². The molecule has 0 atom stereocenters. The van der Waals surface area contributed by atoms with Crippen LogP contribution in [-0.2, 0) is 15.4 Å². The molecule has 1 aromatic rings. The summed E-state index contributed by atoms with van der Waals surface area (Å²) >= 11 is 0. The normalized spacial score (nSPS) is 24.9. The summed E-state index contributed by atoms with van der Waals surface area (Å²) in [6, 6.07) is 7.72. The molecule has 0 radical (unpaired) electrons. The standard InChI is InChI=1S/C13H17NO3S/c14-13(6-3-7-13)11-4-1-2-5-12(11)17-10-8-18(15,16)9-10/h1-2,4-5,10H,3,6-9,14H2. The Morgan fingerprint density at radius 1 is 1.22 bits per heavy atom. The number of rotatable bonds is 3. The van der Waals surface area contributed by atoms with E-state index in [2.05, 4.69) is 0 Å². The summed E-state index contributed by atoms with van der Waals surface area (Å²) in [4.78, 5) is 0. The molecule has 1 saturated carbocycles. The van der Waals surface area contributed by atoms with E-state index in [1.54, 1.807) is 0 Å². The molecule has 1 aliphatic carbocycles. The lowest BCUT2D eigenvalue weighted by Crippen LogP contribution is -2.47. The molecule has 0 unspecified atom stereocenters. The van der Waals surface area contributed by atoms with Crippen LogP contribution in [0.4, 0.5) is 0 Å². The van der Waals surface area contributed by atoms with E-state index in [9.17, 15) is 8.42 Å². The number of nitrogens with two attached hydrogens (primary N) is 1. The average Bonchev–Trinajstić information content (AvgIpc) is 2.24. The summed E-state index contributed by atoms with van der Waals surface area (Å²) in [7, 11) is -2.85. The van der Waals surface area contributed by atoms with Crippen molar-refractivity contribution in [1.29, 1.82) is 0 Å². The van der Waals surface area contributed by atoms with E-state index in [1.165, 1.54) is 0 Å². The summed E-state index contributed by atoms with van der Waals surface area (Å²) in [6.07, 6.45) is 2.87. The van der Waals surface area contributed by atoms with E-state index in [-0.39, 0.29) is 23.1 Å². The van der Waals surface area contributed by atoms with Gasteiger partial charge in [-0.25, -0.2) is 8.42 Å². The molecule has 0 bridgehead atoms. The van der Waals surface area contributed by atoms with Crippen molar-refractivity contribution >= 4 is 9.84 Å². The van der Waals surface area contributed by atoms with E-state index in [4.69, 9.17) is 10.5 Å². The van der Waals surface area contributed by atoms with Crippen molar-refractivity contribution in [3.63, 3.8) is 0 Å². The maximum atomic E-state index is 11.1. The molecule has 2 aliphatic rings. The van der Waals surface area contributed by atoms with Crippen LogP contribution in [0.5, 0.6) is 5.75 Å². The molecule has 0 spiro atoms. The van der Waals surface area contributed by atoms with Crippen LogP contribution in [-0.4, -0.2) is 26.0 Å². The van der Waals surface area contributed by atoms with Gasteiger partial charge in [0.15, 0.2) is 9.84 Å². The molecular formula is C13H17NO3S. The highest BCUT2D eigenvalue weighted by Gasteiger charge is 2.39. The zero-order chi connectivity index (χ0) is 12.8. The summed E-state index contributed by atoms with van der Waals surface area (Å²) in [5.41, 5.74) is 7.05. The SMILES string of the molecule is NC1(c2ccccc2OC2CS(=O)(=O)C2)CCC1. The van der Waals surface area contributed by atoms with Crippen molar-refractivity contribution in [2.24, 2.45) is 5.73 Å². The Bertz CT molecular complexity index is 551. The Hall–Kier alpha value is -1.07. The first-order valence-electron chi connectivity index (χ1n) is 6.24. The Morgan fingerprint density at radius 2 is 1.89 bits per heavy atom. The Morgan fingerprint density at radius 3 is 2.44 bits per heavy atom. The fourth-order valence-corrected chi connectivity index (χ4v) is 3.74. The minimum atomic E-state index is -2.85. The second-order valence-electron chi connectivity index (χ2n) is 5.32. The number of hydrogen-bond acceptors (Lipinski definition) is 4. The van der Waals surface area contributed by atoms with Crippen LogP contribution in [0.25, 0.3) is 0 Å². The van der Waals surface area contributed by atoms with Gasteiger partial charge in [-0.2, -0.15) is 0 Å². The van der Waals surface area contributed by atoms with Crippen molar-refractivity contribution in [2.45, 2.75) is 30.9 Å². The molecule has 0 amide bonds. The van der Waals surface area contributed by atoms with Gasteiger partial charge in [-0.3, -0.25) is 0 Å². The van der Waals surface area contributed by atoms with Gasteiger partial charge >= 0.3 is 0 Å². The second-order valence-corrected chi connectivity index (χ2v) is 7.48. The maximum absolute atomic E-state index is 11.1. The van der Waals surface area contributed by atoms with Gasteiger partial charge in [0.2, 0.25) is 0 Å². The average molecular weight is 267 g/mol. The summed E-state index contributed by atoms with van der Waals surface area (Å²) in [5.74, 6) is 0.997. The van der Waals surface area contributed by atoms with Crippen LogP contribution >= 0.6 is 0 Å². The molecule has 1 heterocycles. The maximum Gasteiger partial charge on any atom is 0.157 e. The van der Waals surface area contributed by atoms with Gasteiger partial charge in [-0.05, 0) is 25.3 Å². The van der Waals surface area contributed by atoms with Gasteiger partial charge in [-0.15, -0.1) is 0 Å². The molecular weight excluding hydrogens is 250 g/mol. The van der Waals surface area contributed by atoms with Gasteiger partial charge in [-0.1, -0.05) is 18.2 Å². The van der Waals surface area contributed by atoms with Gasteiger partial charge in [0.25, 0.3) is 0 Å². The lowest BCUT2D eigenvalue weighted by Gasteiger charge is -2.40. The van der Waals surface area contributed by atoms with Gasteiger partial charge in [0.05, 0.1) is 11.5 Å².